The zero-order chi connectivity index (χ0) is 10.6. The highest BCUT2D eigenvalue weighted by Gasteiger charge is 2.11. The first-order chi connectivity index (χ1) is 6.63. The first-order valence-corrected chi connectivity index (χ1v) is 5.56. The molecule has 78 valence electrons. The molecule has 0 N–H and O–H groups in total. The standard InChI is InChI=1S/C9H13IN2O2/c1-3-14-9(13)4-7(2)12-6-8(10)5-11-12/h5-7H,3-4H2,1-2H3. The van der Waals surface area contributed by atoms with Gasteiger partial charge in [-0.2, -0.15) is 5.10 Å². The number of halogens is 1. The largest absolute Gasteiger partial charge is 0.466 e. The van der Waals surface area contributed by atoms with Gasteiger partial charge in [0.15, 0.2) is 0 Å². The number of rotatable bonds is 4. The lowest BCUT2D eigenvalue weighted by molar-refractivity contribution is -0.143. The number of carbonyl (C=O) groups is 1. The Balaban J connectivity index is 2.50. The molecule has 0 fully saturated rings. The Kier molecular flexibility index (Phi) is 4.37. The summed E-state index contributed by atoms with van der Waals surface area (Å²) in [5.74, 6) is -0.175. The predicted octanol–water partition coefficient (Wildman–Crippen LogP) is 2.00. The fourth-order valence-corrected chi connectivity index (χ4v) is 1.52. The first kappa shape index (κ1) is 11.5. The summed E-state index contributed by atoms with van der Waals surface area (Å²) in [6.45, 7) is 4.18. The van der Waals surface area contributed by atoms with E-state index in [0.29, 0.717) is 13.0 Å². The van der Waals surface area contributed by atoms with Gasteiger partial charge in [-0.25, -0.2) is 0 Å². The number of ether oxygens (including phenoxy) is 1. The van der Waals surface area contributed by atoms with Gasteiger partial charge in [-0.05, 0) is 36.4 Å². The molecule has 4 nitrogen and oxygen atoms in total. The molecular formula is C9H13IN2O2. The van der Waals surface area contributed by atoms with E-state index in [1.807, 2.05) is 13.1 Å². The number of hydrogen-bond donors (Lipinski definition) is 0. The predicted molar refractivity (Wildman–Crippen MR) is 60.9 cm³/mol. The Morgan fingerprint density at radius 3 is 3.00 bits per heavy atom. The third-order valence-corrected chi connectivity index (χ3v) is 2.35. The summed E-state index contributed by atoms with van der Waals surface area (Å²) in [7, 11) is 0. The highest BCUT2D eigenvalue weighted by molar-refractivity contribution is 14.1. The summed E-state index contributed by atoms with van der Waals surface area (Å²) in [4.78, 5) is 11.2. The van der Waals surface area contributed by atoms with E-state index >= 15 is 0 Å². The second kappa shape index (κ2) is 5.33. The van der Waals surface area contributed by atoms with Crippen molar-refractivity contribution in [2.75, 3.05) is 6.61 Å². The highest BCUT2D eigenvalue weighted by Crippen LogP contribution is 2.12. The van der Waals surface area contributed by atoms with Crippen molar-refractivity contribution in [3.8, 4) is 0 Å². The van der Waals surface area contributed by atoms with Crippen molar-refractivity contribution in [2.24, 2.45) is 0 Å². The van der Waals surface area contributed by atoms with Crippen LogP contribution in [0, 0.1) is 3.57 Å². The van der Waals surface area contributed by atoms with Crippen molar-refractivity contribution in [3.05, 3.63) is 16.0 Å². The van der Waals surface area contributed by atoms with Gasteiger partial charge < -0.3 is 4.74 Å². The molecule has 0 bridgehead atoms. The van der Waals surface area contributed by atoms with Crippen molar-refractivity contribution >= 4 is 28.6 Å². The summed E-state index contributed by atoms with van der Waals surface area (Å²) in [5, 5.41) is 4.13. The van der Waals surface area contributed by atoms with E-state index in [0.717, 1.165) is 3.57 Å². The molecular weight excluding hydrogens is 295 g/mol. The monoisotopic (exact) mass is 308 g/mol. The Bertz CT molecular complexity index is 312. The lowest BCUT2D eigenvalue weighted by Gasteiger charge is -2.10. The maximum Gasteiger partial charge on any atom is 0.307 e. The second-order valence-corrected chi connectivity index (χ2v) is 4.24. The molecule has 1 unspecified atom stereocenters. The molecule has 1 aromatic rings. The summed E-state index contributed by atoms with van der Waals surface area (Å²) in [5.41, 5.74) is 0. The molecule has 1 aromatic heterocycles. The highest BCUT2D eigenvalue weighted by atomic mass is 127. The number of carbonyl (C=O) groups excluding carboxylic acids is 1. The van der Waals surface area contributed by atoms with Crippen LogP contribution >= 0.6 is 22.6 Å². The Morgan fingerprint density at radius 2 is 2.50 bits per heavy atom. The second-order valence-electron chi connectivity index (χ2n) is 3.00. The maximum absolute atomic E-state index is 11.2. The van der Waals surface area contributed by atoms with Gasteiger partial charge in [0.2, 0.25) is 0 Å². The van der Waals surface area contributed by atoms with Crippen LogP contribution in [0.2, 0.25) is 0 Å². The molecule has 0 radical (unpaired) electrons. The number of esters is 1. The van der Waals surface area contributed by atoms with Crippen molar-refractivity contribution in [3.63, 3.8) is 0 Å². The fourth-order valence-electron chi connectivity index (χ4n) is 1.11. The third kappa shape index (κ3) is 3.28. The summed E-state index contributed by atoms with van der Waals surface area (Å²) in [6, 6.07) is 0.0533. The van der Waals surface area contributed by atoms with Gasteiger partial charge >= 0.3 is 5.97 Å². The third-order valence-electron chi connectivity index (χ3n) is 1.79. The van der Waals surface area contributed by atoms with E-state index < -0.39 is 0 Å². The van der Waals surface area contributed by atoms with Crippen LogP contribution in [-0.4, -0.2) is 22.4 Å². The van der Waals surface area contributed by atoms with Gasteiger partial charge in [0.05, 0.1) is 28.8 Å². The molecule has 0 aliphatic carbocycles. The molecule has 0 amide bonds. The van der Waals surface area contributed by atoms with Gasteiger partial charge in [0.25, 0.3) is 0 Å². The lowest BCUT2D eigenvalue weighted by atomic mass is 10.2. The summed E-state index contributed by atoms with van der Waals surface area (Å²) < 4.78 is 7.70. The summed E-state index contributed by atoms with van der Waals surface area (Å²) in [6.07, 6.45) is 4.04. The van der Waals surface area contributed by atoms with Gasteiger partial charge in [-0.1, -0.05) is 0 Å². The van der Waals surface area contributed by atoms with Crippen LogP contribution in [0.1, 0.15) is 26.3 Å². The average Bonchev–Trinajstić information content (AvgIpc) is 2.52. The fraction of sp³-hybridized carbons (Fsp3) is 0.556. The molecule has 1 rings (SSSR count). The van der Waals surface area contributed by atoms with Crippen LogP contribution in [0.15, 0.2) is 12.4 Å². The van der Waals surface area contributed by atoms with Gasteiger partial charge in [-0.15, -0.1) is 0 Å². The normalized spacial score (nSPS) is 12.5. The smallest absolute Gasteiger partial charge is 0.307 e. The zero-order valence-corrected chi connectivity index (χ0v) is 10.4. The van der Waals surface area contributed by atoms with E-state index in [-0.39, 0.29) is 12.0 Å². The minimum atomic E-state index is -0.175. The van der Waals surface area contributed by atoms with Crippen molar-refractivity contribution in [1.29, 1.82) is 0 Å². The molecule has 0 saturated heterocycles. The molecule has 0 aliphatic heterocycles. The first-order valence-electron chi connectivity index (χ1n) is 4.48. The molecule has 0 aromatic carbocycles. The maximum atomic E-state index is 11.2. The molecule has 1 heterocycles. The van der Waals surface area contributed by atoms with Crippen molar-refractivity contribution < 1.29 is 9.53 Å². The minimum absolute atomic E-state index is 0.0533. The summed E-state index contributed by atoms with van der Waals surface area (Å²) >= 11 is 2.18. The van der Waals surface area contributed by atoms with E-state index in [4.69, 9.17) is 4.74 Å². The molecule has 14 heavy (non-hydrogen) atoms. The van der Waals surface area contributed by atoms with Crippen LogP contribution in [0.25, 0.3) is 0 Å². The van der Waals surface area contributed by atoms with Crippen molar-refractivity contribution in [1.82, 2.24) is 9.78 Å². The van der Waals surface area contributed by atoms with Crippen LogP contribution < -0.4 is 0 Å². The molecule has 0 spiro atoms. The SMILES string of the molecule is CCOC(=O)CC(C)n1cc(I)cn1. The topological polar surface area (TPSA) is 44.1 Å². The van der Waals surface area contributed by atoms with Crippen LogP contribution in [0.3, 0.4) is 0 Å². The molecule has 0 saturated carbocycles. The van der Waals surface area contributed by atoms with E-state index in [1.54, 1.807) is 17.8 Å². The number of aromatic nitrogens is 2. The van der Waals surface area contributed by atoms with Crippen LogP contribution in [0.5, 0.6) is 0 Å². The van der Waals surface area contributed by atoms with Crippen LogP contribution in [0.4, 0.5) is 0 Å². The molecule has 5 heteroatoms. The van der Waals surface area contributed by atoms with E-state index in [2.05, 4.69) is 27.7 Å². The zero-order valence-electron chi connectivity index (χ0n) is 8.24. The van der Waals surface area contributed by atoms with Gasteiger partial charge in [-0.3, -0.25) is 9.48 Å². The van der Waals surface area contributed by atoms with E-state index in [9.17, 15) is 4.79 Å². The van der Waals surface area contributed by atoms with Gasteiger partial charge in [0.1, 0.15) is 0 Å². The van der Waals surface area contributed by atoms with Crippen molar-refractivity contribution in [2.45, 2.75) is 26.3 Å². The number of nitrogens with zero attached hydrogens (tertiary/aromatic N) is 2. The van der Waals surface area contributed by atoms with Gasteiger partial charge in [0, 0.05) is 6.20 Å². The minimum Gasteiger partial charge on any atom is -0.466 e. The molecule has 1 atom stereocenters. The quantitative estimate of drug-likeness (QED) is 0.631. The Hall–Kier alpha value is -0.590. The lowest BCUT2D eigenvalue weighted by Crippen LogP contribution is -2.13. The van der Waals surface area contributed by atoms with E-state index in [1.165, 1.54) is 0 Å². The Morgan fingerprint density at radius 1 is 1.79 bits per heavy atom. The van der Waals surface area contributed by atoms with Crippen LogP contribution in [-0.2, 0) is 9.53 Å². The number of hydrogen-bond acceptors (Lipinski definition) is 3. The molecule has 0 aliphatic rings. The Labute approximate surface area is 96.8 Å². The average molecular weight is 308 g/mol.